The number of nitrogens with zero attached hydrogens (tertiary/aromatic N) is 2. The van der Waals surface area contributed by atoms with E-state index < -0.39 is 12.2 Å². The molecule has 1 aromatic carbocycles. The maximum absolute atomic E-state index is 12.0. The van der Waals surface area contributed by atoms with Gasteiger partial charge >= 0.3 is 11.3 Å². The fourth-order valence-corrected chi connectivity index (χ4v) is 2.66. The monoisotopic (exact) mass is 332 g/mol. The molecule has 23 heavy (non-hydrogen) atoms. The summed E-state index contributed by atoms with van der Waals surface area (Å²) in [5, 5.41) is 9.25. The molecule has 1 aliphatic carbocycles. The second kappa shape index (κ2) is 6.05. The zero-order valence-corrected chi connectivity index (χ0v) is 13.5. The van der Waals surface area contributed by atoms with Gasteiger partial charge in [-0.05, 0) is 30.5 Å². The maximum Gasteiger partial charge on any atom is 0.414 e. The Morgan fingerprint density at radius 1 is 1.48 bits per heavy atom. The van der Waals surface area contributed by atoms with E-state index in [1.807, 2.05) is 24.3 Å². The molecular formula is C16H16N2O4S. The third kappa shape index (κ3) is 3.08. The van der Waals surface area contributed by atoms with Crippen molar-refractivity contribution >= 4 is 29.2 Å². The molecule has 1 amide bonds. The quantitative estimate of drug-likeness (QED) is 0.789. The standard InChI is InChI=1S/C16H16N2O4S/c1-20-15(23)21-9-13-8-18(14(19)22-13)12-4-2-11(3-5-12)16(10-17)6-7-16/h2-5,13H,6-9H2,1H3/t13-/m1/s1. The Balaban J connectivity index is 1.64. The molecule has 0 bridgehead atoms. The zero-order chi connectivity index (χ0) is 16.4. The predicted molar refractivity (Wildman–Crippen MR) is 86.1 cm³/mol. The van der Waals surface area contributed by atoms with Crippen LogP contribution in [0.4, 0.5) is 10.5 Å². The summed E-state index contributed by atoms with van der Waals surface area (Å²) in [5.74, 6) is 0. The third-order valence-corrected chi connectivity index (χ3v) is 4.41. The minimum Gasteiger partial charge on any atom is -0.460 e. The number of carbonyl (C=O) groups excluding carboxylic acids is 1. The molecule has 1 aromatic rings. The van der Waals surface area contributed by atoms with Gasteiger partial charge in [-0.25, -0.2) is 4.79 Å². The van der Waals surface area contributed by atoms with Gasteiger partial charge in [0.2, 0.25) is 0 Å². The second-order valence-electron chi connectivity index (χ2n) is 5.62. The van der Waals surface area contributed by atoms with Crippen molar-refractivity contribution in [3.8, 4) is 6.07 Å². The molecule has 1 heterocycles. The van der Waals surface area contributed by atoms with Gasteiger partial charge in [0.15, 0.2) is 6.10 Å². The van der Waals surface area contributed by atoms with Crippen molar-refractivity contribution in [1.29, 1.82) is 5.26 Å². The molecule has 0 spiro atoms. The lowest BCUT2D eigenvalue weighted by molar-refractivity contribution is 0.0875. The largest absolute Gasteiger partial charge is 0.460 e. The van der Waals surface area contributed by atoms with Crippen molar-refractivity contribution in [1.82, 2.24) is 0 Å². The summed E-state index contributed by atoms with van der Waals surface area (Å²) in [7, 11) is 1.42. The predicted octanol–water partition coefficient (Wildman–Crippen LogP) is 2.51. The Labute approximate surface area is 139 Å². The average Bonchev–Trinajstić information content (AvgIpc) is 3.30. The van der Waals surface area contributed by atoms with Crippen molar-refractivity contribution in [2.45, 2.75) is 24.4 Å². The second-order valence-corrected chi connectivity index (χ2v) is 5.96. The van der Waals surface area contributed by atoms with Crippen LogP contribution in [0.25, 0.3) is 0 Å². The first-order chi connectivity index (χ1) is 11.1. The van der Waals surface area contributed by atoms with E-state index in [1.165, 1.54) is 7.11 Å². The van der Waals surface area contributed by atoms with Crippen LogP contribution in [0.3, 0.4) is 0 Å². The molecule has 3 rings (SSSR count). The summed E-state index contributed by atoms with van der Waals surface area (Å²) in [6.07, 6.45) is 0.973. The van der Waals surface area contributed by atoms with E-state index in [2.05, 4.69) is 6.07 Å². The van der Waals surface area contributed by atoms with Gasteiger partial charge in [0.25, 0.3) is 0 Å². The van der Waals surface area contributed by atoms with Gasteiger partial charge in [-0.1, -0.05) is 12.1 Å². The van der Waals surface area contributed by atoms with Crippen molar-refractivity contribution in [3.05, 3.63) is 29.8 Å². The SMILES string of the molecule is COC(=S)OC[C@H]1CN(c2ccc(C3(C#N)CC3)cc2)C(=O)O1. The number of benzene rings is 1. The molecule has 1 aliphatic heterocycles. The Morgan fingerprint density at radius 3 is 2.74 bits per heavy atom. The highest BCUT2D eigenvalue weighted by Gasteiger charge is 2.45. The first-order valence-corrected chi connectivity index (χ1v) is 7.69. The Morgan fingerprint density at radius 2 is 2.17 bits per heavy atom. The van der Waals surface area contributed by atoms with E-state index >= 15 is 0 Å². The smallest absolute Gasteiger partial charge is 0.414 e. The van der Waals surface area contributed by atoms with Gasteiger partial charge in [-0.3, -0.25) is 4.90 Å². The molecule has 7 heteroatoms. The van der Waals surface area contributed by atoms with E-state index in [9.17, 15) is 10.1 Å². The number of hydrogen-bond donors (Lipinski definition) is 0. The van der Waals surface area contributed by atoms with E-state index in [1.54, 1.807) is 4.90 Å². The topological polar surface area (TPSA) is 71.8 Å². The highest BCUT2D eigenvalue weighted by Crippen LogP contribution is 2.47. The Hall–Kier alpha value is -2.33. The summed E-state index contributed by atoms with van der Waals surface area (Å²) in [4.78, 5) is 13.5. The lowest BCUT2D eigenvalue weighted by Crippen LogP contribution is -2.26. The highest BCUT2D eigenvalue weighted by molar-refractivity contribution is 7.79. The average molecular weight is 332 g/mol. The number of carbonyl (C=O) groups is 1. The van der Waals surface area contributed by atoms with Crippen LogP contribution in [0.1, 0.15) is 18.4 Å². The summed E-state index contributed by atoms with van der Waals surface area (Å²) in [6.45, 7) is 0.540. The molecule has 0 unspecified atom stereocenters. The van der Waals surface area contributed by atoms with Crippen molar-refractivity contribution < 1.29 is 19.0 Å². The molecule has 6 nitrogen and oxygen atoms in total. The van der Waals surface area contributed by atoms with Crippen LogP contribution < -0.4 is 4.90 Å². The van der Waals surface area contributed by atoms with E-state index in [-0.39, 0.29) is 17.3 Å². The minimum absolute atomic E-state index is 0.0232. The summed E-state index contributed by atoms with van der Waals surface area (Å²) < 4.78 is 15.2. The van der Waals surface area contributed by atoms with Crippen LogP contribution >= 0.6 is 12.2 Å². The van der Waals surface area contributed by atoms with Crippen molar-refractivity contribution in [3.63, 3.8) is 0 Å². The molecular weight excluding hydrogens is 316 g/mol. The van der Waals surface area contributed by atoms with E-state index in [0.717, 1.165) is 24.1 Å². The van der Waals surface area contributed by atoms with Crippen LogP contribution in [0, 0.1) is 11.3 Å². The molecule has 2 aliphatic rings. The number of rotatable bonds is 4. The van der Waals surface area contributed by atoms with Crippen LogP contribution in [-0.2, 0) is 19.6 Å². The summed E-state index contributed by atoms with van der Waals surface area (Å²) in [5.41, 5.74) is 1.42. The first-order valence-electron chi connectivity index (χ1n) is 7.29. The first kappa shape index (κ1) is 15.6. The van der Waals surface area contributed by atoms with Gasteiger partial charge in [-0.15, -0.1) is 0 Å². The molecule has 1 saturated carbocycles. The van der Waals surface area contributed by atoms with Gasteiger partial charge in [0, 0.05) is 17.9 Å². The fraction of sp³-hybridized carbons (Fsp3) is 0.438. The van der Waals surface area contributed by atoms with Crippen LogP contribution in [-0.4, -0.2) is 37.7 Å². The maximum atomic E-state index is 12.0. The van der Waals surface area contributed by atoms with Crippen LogP contribution in [0.5, 0.6) is 0 Å². The number of nitriles is 1. The van der Waals surface area contributed by atoms with Gasteiger partial charge in [0.1, 0.15) is 6.61 Å². The molecule has 0 N–H and O–H groups in total. The number of methoxy groups -OCH3 is 1. The zero-order valence-electron chi connectivity index (χ0n) is 12.7. The summed E-state index contributed by atoms with van der Waals surface area (Å²) in [6, 6.07) is 9.86. The number of thiocarbonyl (C=S) groups is 1. The third-order valence-electron chi connectivity index (χ3n) is 4.12. The summed E-state index contributed by atoms with van der Waals surface area (Å²) >= 11 is 4.78. The Bertz CT molecular complexity index is 664. The molecule has 0 aromatic heterocycles. The normalized spacial score (nSPS) is 21.3. The molecule has 1 saturated heterocycles. The van der Waals surface area contributed by atoms with Crippen molar-refractivity contribution in [2.75, 3.05) is 25.2 Å². The van der Waals surface area contributed by atoms with Crippen molar-refractivity contribution in [2.24, 2.45) is 0 Å². The number of cyclic esters (lactones) is 1. The number of ether oxygens (including phenoxy) is 3. The lowest BCUT2D eigenvalue weighted by Gasteiger charge is -2.14. The molecule has 120 valence electrons. The molecule has 0 radical (unpaired) electrons. The fourth-order valence-electron chi connectivity index (χ4n) is 2.59. The Kier molecular flexibility index (Phi) is 4.09. The molecule has 2 fully saturated rings. The van der Waals surface area contributed by atoms with Gasteiger partial charge in [0.05, 0.1) is 25.1 Å². The van der Waals surface area contributed by atoms with E-state index in [4.69, 9.17) is 26.4 Å². The number of anilines is 1. The minimum atomic E-state index is -0.420. The van der Waals surface area contributed by atoms with Crippen LogP contribution in [0.15, 0.2) is 24.3 Å². The van der Waals surface area contributed by atoms with Gasteiger partial charge < -0.3 is 14.2 Å². The molecule has 1 atom stereocenters. The number of hydrogen-bond acceptors (Lipinski definition) is 6. The number of amides is 1. The van der Waals surface area contributed by atoms with E-state index in [0.29, 0.717) is 6.54 Å². The highest BCUT2D eigenvalue weighted by atomic mass is 32.1. The lowest BCUT2D eigenvalue weighted by atomic mass is 9.97. The van der Waals surface area contributed by atoms with Crippen LogP contribution in [0.2, 0.25) is 0 Å². The van der Waals surface area contributed by atoms with Gasteiger partial charge in [-0.2, -0.15) is 5.26 Å².